The van der Waals surface area contributed by atoms with E-state index in [9.17, 15) is 9.59 Å². The van der Waals surface area contributed by atoms with Crippen LogP contribution in [0.1, 0.15) is 51.1 Å². The predicted octanol–water partition coefficient (Wildman–Crippen LogP) is 3.01. The first-order chi connectivity index (χ1) is 15.1. The molecule has 6 rings (SSSR count). The third kappa shape index (κ3) is 2.80. The topological polar surface area (TPSA) is 71.3 Å². The largest absolute Gasteiger partial charge is 0.333 e. The first-order valence-corrected chi connectivity index (χ1v) is 10.8. The number of carbonyl (C=O) groups excluding carboxylic acids is 2. The molecular weight excluding hydrogens is 390 g/mol. The molecule has 1 aromatic carbocycles. The normalized spacial score (nSPS) is 20.7. The maximum Gasteiger partial charge on any atom is 0.273 e. The summed E-state index contributed by atoms with van der Waals surface area (Å²) in [4.78, 5) is 34.4. The summed E-state index contributed by atoms with van der Waals surface area (Å²) < 4.78 is 1.80. The van der Waals surface area contributed by atoms with Crippen molar-refractivity contribution in [3.8, 4) is 5.69 Å². The number of hydrogen-bond acceptors (Lipinski definition) is 4. The summed E-state index contributed by atoms with van der Waals surface area (Å²) in [6.07, 6.45) is 3.90. The standard InChI is InChI=1S/C24H23N5O2/c1-15-20-21(16-10-11-16)28(18-13-27(14-18)23(30)19-9-5-6-12-25-19)24(31)22(20)29(26-15)17-7-3-2-4-8-17/h2-9,12,16,18,21H,10-11,13-14H2,1H3. The maximum absolute atomic E-state index is 13.7. The van der Waals surface area contributed by atoms with Crippen LogP contribution in [0.3, 0.4) is 0 Å². The van der Waals surface area contributed by atoms with E-state index in [1.54, 1.807) is 27.9 Å². The molecule has 1 saturated heterocycles. The molecule has 2 amide bonds. The van der Waals surface area contributed by atoms with Crippen molar-refractivity contribution in [2.24, 2.45) is 5.92 Å². The van der Waals surface area contributed by atoms with Crippen molar-refractivity contribution in [1.82, 2.24) is 24.6 Å². The van der Waals surface area contributed by atoms with Crippen LogP contribution in [-0.4, -0.2) is 55.5 Å². The van der Waals surface area contributed by atoms with Gasteiger partial charge in [-0.05, 0) is 49.9 Å². The quantitative estimate of drug-likeness (QED) is 0.659. The number of aromatic nitrogens is 3. The minimum Gasteiger partial charge on any atom is -0.333 e. The molecule has 1 unspecified atom stereocenters. The number of fused-ring (bicyclic) bond motifs is 1. The third-order valence-electron chi connectivity index (χ3n) is 6.64. The molecule has 2 fully saturated rings. The van der Waals surface area contributed by atoms with Crippen LogP contribution in [0.4, 0.5) is 0 Å². The fourth-order valence-electron chi connectivity index (χ4n) is 4.96. The fraction of sp³-hybridized carbons (Fsp3) is 0.333. The van der Waals surface area contributed by atoms with Crippen molar-refractivity contribution in [3.05, 3.63) is 77.4 Å². The summed E-state index contributed by atoms with van der Waals surface area (Å²) in [5.41, 5.74) is 4.04. The molecule has 1 saturated carbocycles. The van der Waals surface area contributed by atoms with Gasteiger partial charge in [0.25, 0.3) is 11.8 Å². The lowest BCUT2D eigenvalue weighted by Gasteiger charge is -2.46. The molecule has 2 aromatic heterocycles. The van der Waals surface area contributed by atoms with Gasteiger partial charge in [0.05, 0.1) is 23.5 Å². The minimum absolute atomic E-state index is 0.0294. The molecule has 1 aliphatic carbocycles. The van der Waals surface area contributed by atoms with Gasteiger partial charge in [0.15, 0.2) is 0 Å². The number of benzene rings is 1. The molecule has 0 N–H and O–H groups in total. The van der Waals surface area contributed by atoms with E-state index in [4.69, 9.17) is 5.10 Å². The second-order valence-electron chi connectivity index (χ2n) is 8.67. The maximum atomic E-state index is 13.7. The van der Waals surface area contributed by atoms with Crippen molar-refractivity contribution in [3.63, 3.8) is 0 Å². The van der Waals surface area contributed by atoms with E-state index in [0.29, 0.717) is 30.4 Å². The highest BCUT2D eigenvalue weighted by Gasteiger charge is 2.53. The monoisotopic (exact) mass is 413 g/mol. The molecule has 0 bridgehead atoms. The zero-order valence-electron chi connectivity index (χ0n) is 17.3. The third-order valence-corrected chi connectivity index (χ3v) is 6.64. The van der Waals surface area contributed by atoms with E-state index >= 15 is 0 Å². The minimum atomic E-state index is -0.0735. The molecule has 156 valence electrons. The highest BCUT2D eigenvalue weighted by molar-refractivity contribution is 5.99. The van der Waals surface area contributed by atoms with E-state index < -0.39 is 0 Å². The molecule has 3 aromatic rings. The summed E-state index contributed by atoms with van der Waals surface area (Å²) in [7, 11) is 0. The number of aryl methyl sites for hydroxylation is 1. The van der Waals surface area contributed by atoms with Crippen molar-refractivity contribution in [2.45, 2.75) is 31.8 Å². The van der Waals surface area contributed by atoms with Crippen molar-refractivity contribution in [2.75, 3.05) is 13.1 Å². The van der Waals surface area contributed by atoms with Gasteiger partial charge in [-0.2, -0.15) is 5.10 Å². The summed E-state index contributed by atoms with van der Waals surface area (Å²) >= 11 is 0. The first-order valence-electron chi connectivity index (χ1n) is 10.8. The molecule has 4 heterocycles. The van der Waals surface area contributed by atoms with Gasteiger partial charge in [-0.1, -0.05) is 24.3 Å². The molecule has 7 heteroatoms. The summed E-state index contributed by atoms with van der Waals surface area (Å²) in [6.45, 7) is 3.10. The van der Waals surface area contributed by atoms with Crippen LogP contribution in [0.2, 0.25) is 0 Å². The van der Waals surface area contributed by atoms with Gasteiger partial charge in [-0.25, -0.2) is 4.68 Å². The van der Waals surface area contributed by atoms with Crippen LogP contribution in [-0.2, 0) is 0 Å². The molecule has 31 heavy (non-hydrogen) atoms. The number of hydrogen-bond donors (Lipinski definition) is 0. The lowest BCUT2D eigenvalue weighted by Crippen LogP contribution is -2.62. The van der Waals surface area contributed by atoms with Crippen LogP contribution in [0, 0.1) is 12.8 Å². The van der Waals surface area contributed by atoms with Crippen LogP contribution in [0.5, 0.6) is 0 Å². The van der Waals surface area contributed by atoms with Gasteiger partial charge in [0, 0.05) is 24.8 Å². The van der Waals surface area contributed by atoms with Crippen LogP contribution < -0.4 is 0 Å². The van der Waals surface area contributed by atoms with Crippen LogP contribution in [0.15, 0.2) is 54.7 Å². The van der Waals surface area contributed by atoms with E-state index in [0.717, 1.165) is 29.8 Å². The van der Waals surface area contributed by atoms with Crippen molar-refractivity contribution < 1.29 is 9.59 Å². The average Bonchev–Trinajstić information content (AvgIpc) is 3.49. The van der Waals surface area contributed by atoms with Crippen LogP contribution >= 0.6 is 0 Å². The number of nitrogens with zero attached hydrogens (tertiary/aromatic N) is 5. The van der Waals surface area contributed by atoms with Crippen molar-refractivity contribution in [1.29, 1.82) is 0 Å². The number of pyridine rings is 1. The molecule has 0 spiro atoms. The van der Waals surface area contributed by atoms with E-state index in [1.165, 1.54) is 0 Å². The molecule has 1 atom stereocenters. The van der Waals surface area contributed by atoms with Gasteiger partial charge in [-0.15, -0.1) is 0 Å². The summed E-state index contributed by atoms with van der Waals surface area (Å²) in [5.74, 6) is 0.444. The number of likely N-dealkylation sites (tertiary alicyclic amines) is 1. The average molecular weight is 413 g/mol. The lowest BCUT2D eigenvalue weighted by molar-refractivity contribution is 0.0112. The number of para-hydroxylation sites is 1. The number of rotatable bonds is 4. The number of carbonyl (C=O) groups is 2. The second-order valence-corrected chi connectivity index (χ2v) is 8.67. The van der Waals surface area contributed by atoms with E-state index in [1.807, 2.05) is 48.2 Å². The Labute approximate surface area is 180 Å². The van der Waals surface area contributed by atoms with Gasteiger partial charge in [0.2, 0.25) is 0 Å². The highest BCUT2D eigenvalue weighted by Crippen LogP contribution is 2.52. The Kier molecular flexibility index (Phi) is 4.00. The Hall–Kier alpha value is -3.48. The Balaban J connectivity index is 1.30. The number of amides is 2. The Morgan fingerprint density at radius 3 is 2.45 bits per heavy atom. The van der Waals surface area contributed by atoms with Gasteiger partial charge < -0.3 is 9.80 Å². The summed E-state index contributed by atoms with van der Waals surface area (Å²) in [5, 5.41) is 4.73. The van der Waals surface area contributed by atoms with Gasteiger partial charge in [-0.3, -0.25) is 14.6 Å². The smallest absolute Gasteiger partial charge is 0.273 e. The highest BCUT2D eigenvalue weighted by atomic mass is 16.2. The van der Waals surface area contributed by atoms with Crippen LogP contribution in [0.25, 0.3) is 5.69 Å². The Bertz CT molecular complexity index is 1160. The SMILES string of the molecule is Cc1nn(-c2ccccc2)c2c1C(C1CC1)N(C1CN(C(=O)c3ccccn3)C1)C2=O. The Morgan fingerprint density at radius 1 is 1.03 bits per heavy atom. The molecule has 2 aliphatic heterocycles. The summed E-state index contributed by atoms with van der Waals surface area (Å²) in [6, 6.07) is 15.3. The fourth-order valence-corrected chi connectivity index (χ4v) is 4.96. The zero-order valence-corrected chi connectivity index (χ0v) is 17.3. The van der Waals surface area contributed by atoms with Gasteiger partial charge >= 0.3 is 0 Å². The molecular formula is C24H23N5O2. The first kappa shape index (κ1) is 18.3. The van der Waals surface area contributed by atoms with Crippen molar-refractivity contribution >= 4 is 11.8 Å². The molecule has 0 radical (unpaired) electrons. The Morgan fingerprint density at radius 2 is 1.77 bits per heavy atom. The predicted molar refractivity (Wildman–Crippen MR) is 114 cm³/mol. The van der Waals surface area contributed by atoms with E-state index in [-0.39, 0.29) is 23.9 Å². The molecule has 3 aliphatic rings. The molecule has 7 nitrogen and oxygen atoms in total. The zero-order chi connectivity index (χ0) is 21.1. The van der Waals surface area contributed by atoms with Gasteiger partial charge in [0.1, 0.15) is 11.4 Å². The second kappa shape index (κ2) is 6.77. The lowest BCUT2D eigenvalue weighted by atomic mass is 9.99. The van der Waals surface area contributed by atoms with E-state index in [2.05, 4.69) is 4.98 Å².